The third kappa shape index (κ3) is 5.10. The zero-order chi connectivity index (χ0) is 26.1. The Morgan fingerprint density at radius 3 is 1.35 bits per heavy atom. The highest BCUT2D eigenvalue weighted by molar-refractivity contribution is 5.69. The number of aromatic hydroxyl groups is 2. The van der Waals surface area contributed by atoms with Crippen molar-refractivity contribution in [1.82, 2.24) is 9.97 Å². The van der Waals surface area contributed by atoms with E-state index in [2.05, 4.69) is 46.2 Å². The van der Waals surface area contributed by atoms with Crippen molar-refractivity contribution in [1.29, 1.82) is 0 Å². The highest BCUT2D eigenvalue weighted by Crippen LogP contribution is 2.31. The Morgan fingerprint density at radius 1 is 0.568 bits per heavy atom. The molecule has 0 radical (unpaired) electrons. The van der Waals surface area contributed by atoms with Crippen LogP contribution in [0.25, 0.3) is 22.3 Å². The Labute approximate surface area is 218 Å². The summed E-state index contributed by atoms with van der Waals surface area (Å²) in [4.78, 5) is 14.2. The van der Waals surface area contributed by atoms with E-state index in [1.807, 2.05) is 52.2 Å². The van der Waals surface area contributed by atoms with E-state index in [9.17, 15) is 10.2 Å². The highest BCUT2D eigenvalue weighted by Gasteiger charge is 2.18. The lowest BCUT2D eigenvalue weighted by atomic mass is 10.0. The second-order valence-electron chi connectivity index (χ2n) is 10.0. The van der Waals surface area contributed by atoms with E-state index < -0.39 is 0 Å². The monoisotopic (exact) mass is 494 g/mol. The minimum absolute atomic E-state index is 0.320. The number of hydrogen-bond donors (Lipinski definition) is 2. The van der Waals surface area contributed by atoms with Gasteiger partial charge in [-0.15, -0.1) is 0 Å². The van der Waals surface area contributed by atoms with E-state index in [1.54, 1.807) is 0 Å². The summed E-state index contributed by atoms with van der Waals surface area (Å²) in [5.74, 6) is 2.58. The molecule has 190 valence electrons. The number of phenolic OH excluding ortho intramolecular Hbond substituents is 2. The van der Waals surface area contributed by atoms with E-state index in [-0.39, 0.29) is 0 Å². The molecule has 0 spiro atoms. The van der Waals surface area contributed by atoms with Crippen molar-refractivity contribution in [3.63, 3.8) is 0 Å². The number of benzene rings is 2. The minimum atomic E-state index is 0.320. The maximum atomic E-state index is 10.2. The quantitative estimate of drug-likeness (QED) is 0.353. The van der Waals surface area contributed by atoms with Crippen LogP contribution in [0.1, 0.15) is 28.7 Å². The number of pyridine rings is 2. The first-order valence-corrected chi connectivity index (χ1v) is 12.8. The average Bonchev–Trinajstić information content (AvgIpc) is 3.16. The van der Waals surface area contributed by atoms with Gasteiger partial charge in [0, 0.05) is 49.7 Å². The molecular weight excluding hydrogens is 460 g/mol. The Bertz CT molecular complexity index is 1260. The molecule has 6 nitrogen and oxygen atoms in total. The van der Waals surface area contributed by atoms with Crippen molar-refractivity contribution >= 4 is 11.6 Å². The standard InChI is InChI=1S/C31H34N4O2/c1-20-14-26(16-28(36)22(20)3)24-6-8-30(32-18-24)34-10-5-11-35(13-12-34)31-9-7-25(19-33-31)27-15-21(2)23(4)29(37)17-27/h6-9,14-19,36-37H,5,10-13H2,1-4H3. The summed E-state index contributed by atoms with van der Waals surface area (Å²) in [5.41, 5.74) is 7.92. The number of rotatable bonds is 4. The Kier molecular flexibility index (Phi) is 6.74. The summed E-state index contributed by atoms with van der Waals surface area (Å²) in [7, 11) is 0. The smallest absolute Gasteiger partial charge is 0.128 e. The first-order chi connectivity index (χ1) is 17.8. The molecule has 2 aromatic heterocycles. The molecule has 1 fully saturated rings. The van der Waals surface area contributed by atoms with Gasteiger partial charge in [0.15, 0.2) is 0 Å². The highest BCUT2D eigenvalue weighted by atomic mass is 16.3. The van der Waals surface area contributed by atoms with Gasteiger partial charge in [-0.05, 0) is 104 Å². The van der Waals surface area contributed by atoms with Crippen molar-refractivity contribution in [2.75, 3.05) is 36.0 Å². The number of hydrogen-bond acceptors (Lipinski definition) is 6. The Morgan fingerprint density at radius 2 is 1.00 bits per heavy atom. The van der Waals surface area contributed by atoms with E-state index in [4.69, 9.17) is 9.97 Å². The van der Waals surface area contributed by atoms with E-state index >= 15 is 0 Å². The number of anilines is 2. The van der Waals surface area contributed by atoms with Crippen LogP contribution < -0.4 is 9.80 Å². The summed E-state index contributed by atoms with van der Waals surface area (Å²) in [5, 5.41) is 20.4. The van der Waals surface area contributed by atoms with E-state index in [1.165, 1.54) is 0 Å². The van der Waals surface area contributed by atoms with Gasteiger partial charge in [-0.3, -0.25) is 0 Å². The summed E-state index contributed by atoms with van der Waals surface area (Å²) >= 11 is 0. The third-order valence-corrected chi connectivity index (χ3v) is 7.59. The predicted octanol–water partition coefficient (Wildman–Crippen LogP) is 6.17. The second kappa shape index (κ2) is 10.1. The topological polar surface area (TPSA) is 72.7 Å². The number of aromatic nitrogens is 2. The zero-order valence-electron chi connectivity index (χ0n) is 22.0. The minimum Gasteiger partial charge on any atom is -0.508 e. The predicted molar refractivity (Wildman–Crippen MR) is 151 cm³/mol. The molecule has 0 aliphatic carbocycles. The van der Waals surface area contributed by atoms with Gasteiger partial charge in [-0.25, -0.2) is 9.97 Å². The van der Waals surface area contributed by atoms with E-state index in [0.29, 0.717) is 11.5 Å². The largest absolute Gasteiger partial charge is 0.508 e. The van der Waals surface area contributed by atoms with Gasteiger partial charge in [0.25, 0.3) is 0 Å². The van der Waals surface area contributed by atoms with Crippen LogP contribution in [-0.4, -0.2) is 46.4 Å². The molecule has 0 bridgehead atoms. The van der Waals surface area contributed by atoms with Gasteiger partial charge >= 0.3 is 0 Å². The lowest BCUT2D eigenvalue weighted by molar-refractivity contribution is 0.470. The van der Waals surface area contributed by atoms with Crippen LogP contribution in [0.2, 0.25) is 0 Å². The van der Waals surface area contributed by atoms with Gasteiger partial charge in [0.1, 0.15) is 23.1 Å². The van der Waals surface area contributed by atoms with Gasteiger partial charge in [0.05, 0.1) is 0 Å². The molecule has 37 heavy (non-hydrogen) atoms. The zero-order valence-corrected chi connectivity index (χ0v) is 22.0. The van der Waals surface area contributed by atoms with Crippen molar-refractivity contribution in [2.45, 2.75) is 34.1 Å². The summed E-state index contributed by atoms with van der Waals surface area (Å²) in [6.45, 7) is 11.5. The van der Waals surface area contributed by atoms with Crippen molar-refractivity contribution < 1.29 is 10.2 Å². The van der Waals surface area contributed by atoms with Gasteiger partial charge in [-0.1, -0.05) is 12.1 Å². The molecular formula is C31H34N4O2. The molecule has 1 aliphatic heterocycles. The van der Waals surface area contributed by atoms with Crippen LogP contribution in [0.3, 0.4) is 0 Å². The lowest BCUT2D eigenvalue weighted by Gasteiger charge is -2.23. The molecule has 0 amide bonds. The SMILES string of the molecule is Cc1cc(-c2ccc(N3CCCN(c4ccc(-c5cc(C)c(C)c(O)c5)cn4)CC3)nc2)cc(O)c1C. The lowest BCUT2D eigenvalue weighted by Crippen LogP contribution is -2.31. The molecule has 2 N–H and O–H groups in total. The number of nitrogens with zero attached hydrogens (tertiary/aromatic N) is 4. The summed E-state index contributed by atoms with van der Waals surface area (Å²) < 4.78 is 0. The van der Waals surface area contributed by atoms with Crippen LogP contribution in [0.15, 0.2) is 60.9 Å². The van der Waals surface area contributed by atoms with Gasteiger partial charge in [-0.2, -0.15) is 0 Å². The van der Waals surface area contributed by atoms with Crippen molar-refractivity contribution in [3.05, 3.63) is 83.2 Å². The molecule has 4 aromatic rings. The fourth-order valence-electron chi connectivity index (χ4n) is 4.88. The van der Waals surface area contributed by atoms with Gasteiger partial charge in [0.2, 0.25) is 0 Å². The molecule has 1 saturated heterocycles. The molecule has 0 atom stereocenters. The third-order valence-electron chi connectivity index (χ3n) is 7.59. The van der Waals surface area contributed by atoms with Crippen LogP contribution in [-0.2, 0) is 0 Å². The normalized spacial score (nSPS) is 14.1. The second-order valence-corrected chi connectivity index (χ2v) is 10.0. The molecule has 5 rings (SSSR count). The summed E-state index contributed by atoms with van der Waals surface area (Å²) in [6.07, 6.45) is 4.81. The Balaban J connectivity index is 1.26. The first kappa shape index (κ1) is 24.6. The first-order valence-electron chi connectivity index (χ1n) is 12.8. The number of aryl methyl sites for hydroxylation is 2. The molecule has 0 saturated carbocycles. The van der Waals surface area contributed by atoms with Gasteiger partial charge < -0.3 is 20.0 Å². The Hall–Kier alpha value is -4.06. The van der Waals surface area contributed by atoms with Crippen molar-refractivity contribution in [3.8, 4) is 33.8 Å². The van der Waals surface area contributed by atoms with E-state index in [0.717, 1.165) is 88.7 Å². The molecule has 1 aliphatic rings. The van der Waals surface area contributed by atoms with Crippen LogP contribution >= 0.6 is 0 Å². The molecule has 3 heterocycles. The summed E-state index contributed by atoms with van der Waals surface area (Å²) in [6, 6.07) is 16.1. The fourth-order valence-corrected chi connectivity index (χ4v) is 4.88. The average molecular weight is 495 g/mol. The number of phenols is 2. The molecule has 2 aromatic carbocycles. The van der Waals surface area contributed by atoms with Crippen LogP contribution in [0.4, 0.5) is 11.6 Å². The fraction of sp³-hybridized carbons (Fsp3) is 0.290. The molecule has 6 heteroatoms. The molecule has 0 unspecified atom stereocenters. The maximum Gasteiger partial charge on any atom is 0.128 e. The van der Waals surface area contributed by atoms with Crippen LogP contribution in [0, 0.1) is 27.7 Å². The van der Waals surface area contributed by atoms with Crippen LogP contribution in [0.5, 0.6) is 11.5 Å². The van der Waals surface area contributed by atoms with Crippen molar-refractivity contribution in [2.24, 2.45) is 0 Å². The maximum absolute atomic E-state index is 10.2.